The molecule has 0 heterocycles. The van der Waals surface area contributed by atoms with Gasteiger partial charge in [0.25, 0.3) is 10.0 Å². The van der Waals surface area contributed by atoms with Crippen LogP contribution in [0.5, 0.6) is 5.75 Å². The number of aryl methyl sites for hydroxylation is 3. The monoisotopic (exact) mass is 452 g/mol. The zero-order valence-electron chi connectivity index (χ0n) is 18.5. The van der Waals surface area contributed by atoms with Gasteiger partial charge < -0.3 is 10.1 Å². The summed E-state index contributed by atoms with van der Waals surface area (Å²) in [5.41, 5.74) is 3.41. The van der Waals surface area contributed by atoms with Crippen LogP contribution in [0.3, 0.4) is 0 Å². The van der Waals surface area contributed by atoms with Gasteiger partial charge in [0, 0.05) is 0 Å². The van der Waals surface area contributed by atoms with E-state index in [1.807, 2.05) is 57.2 Å². The molecule has 0 aliphatic rings. The maximum Gasteiger partial charge on any atom is 0.264 e. The van der Waals surface area contributed by atoms with Crippen molar-refractivity contribution in [3.63, 3.8) is 0 Å². The van der Waals surface area contributed by atoms with Crippen LogP contribution in [0.4, 0.5) is 5.69 Å². The van der Waals surface area contributed by atoms with E-state index in [2.05, 4.69) is 5.32 Å². The molecule has 0 atom stereocenters. The lowest BCUT2D eigenvalue weighted by atomic mass is 10.1. The van der Waals surface area contributed by atoms with Gasteiger partial charge in [-0.25, -0.2) is 8.42 Å². The average molecular weight is 453 g/mol. The average Bonchev–Trinajstić information content (AvgIpc) is 2.77. The lowest BCUT2D eigenvalue weighted by molar-refractivity contribution is -0.119. The number of ether oxygens (including phenoxy) is 1. The summed E-state index contributed by atoms with van der Waals surface area (Å²) in [5, 5.41) is 2.75. The quantitative estimate of drug-likeness (QED) is 0.498. The van der Waals surface area contributed by atoms with Crippen molar-refractivity contribution in [1.29, 1.82) is 0 Å². The third-order valence-corrected chi connectivity index (χ3v) is 6.73. The summed E-state index contributed by atoms with van der Waals surface area (Å²) in [6.07, 6.45) is 0. The fourth-order valence-electron chi connectivity index (χ4n) is 3.28. The molecule has 0 radical (unpaired) electrons. The molecule has 0 fully saturated rings. The van der Waals surface area contributed by atoms with Gasteiger partial charge >= 0.3 is 0 Å². The highest BCUT2D eigenvalue weighted by molar-refractivity contribution is 7.92. The molecule has 0 saturated carbocycles. The zero-order valence-corrected chi connectivity index (χ0v) is 19.4. The number of hydrogen-bond acceptors (Lipinski definition) is 4. The van der Waals surface area contributed by atoms with Crippen LogP contribution in [0.15, 0.2) is 77.7 Å². The number of nitrogens with one attached hydrogen (secondary N) is 1. The lowest BCUT2D eigenvalue weighted by Crippen LogP contribution is -2.42. The summed E-state index contributed by atoms with van der Waals surface area (Å²) in [7, 11) is -3.92. The van der Waals surface area contributed by atoms with Gasteiger partial charge in [-0.2, -0.15) is 0 Å². The van der Waals surface area contributed by atoms with Gasteiger partial charge in [-0.3, -0.25) is 9.10 Å². The van der Waals surface area contributed by atoms with Crippen molar-refractivity contribution in [2.24, 2.45) is 0 Å². The number of carbonyl (C=O) groups excluding carboxylic acids is 1. The first-order valence-electron chi connectivity index (χ1n) is 10.4. The minimum Gasteiger partial charge on any atom is -0.492 e. The number of hydrogen-bond donors (Lipinski definition) is 1. The predicted octanol–water partition coefficient (Wildman–Crippen LogP) is 4.00. The second kappa shape index (κ2) is 10.3. The molecule has 0 aliphatic heterocycles. The summed E-state index contributed by atoms with van der Waals surface area (Å²) in [5.74, 6) is 0.311. The molecule has 32 heavy (non-hydrogen) atoms. The highest BCUT2D eigenvalue weighted by Crippen LogP contribution is 2.27. The molecule has 1 amide bonds. The molecule has 0 saturated heterocycles. The first-order valence-corrected chi connectivity index (χ1v) is 11.8. The molecule has 3 aromatic carbocycles. The molecule has 168 valence electrons. The van der Waals surface area contributed by atoms with Gasteiger partial charge in [0.1, 0.15) is 18.9 Å². The summed E-state index contributed by atoms with van der Waals surface area (Å²) in [4.78, 5) is 12.8. The number of carbonyl (C=O) groups is 1. The van der Waals surface area contributed by atoms with Crippen LogP contribution >= 0.6 is 0 Å². The third-order valence-electron chi connectivity index (χ3n) is 4.95. The Morgan fingerprint density at radius 3 is 2.22 bits per heavy atom. The first-order chi connectivity index (χ1) is 15.3. The van der Waals surface area contributed by atoms with E-state index in [9.17, 15) is 13.2 Å². The van der Waals surface area contributed by atoms with E-state index in [0.717, 1.165) is 21.0 Å². The molecule has 7 heteroatoms. The second-order valence-electron chi connectivity index (χ2n) is 7.63. The van der Waals surface area contributed by atoms with E-state index >= 15 is 0 Å². The molecule has 3 aromatic rings. The van der Waals surface area contributed by atoms with Crippen molar-refractivity contribution in [3.05, 3.63) is 89.5 Å². The summed E-state index contributed by atoms with van der Waals surface area (Å²) < 4.78 is 33.5. The molecule has 6 nitrogen and oxygen atoms in total. The minimum absolute atomic E-state index is 0.135. The Morgan fingerprint density at radius 1 is 0.906 bits per heavy atom. The number of sulfonamides is 1. The van der Waals surface area contributed by atoms with Gasteiger partial charge in [0.05, 0.1) is 17.1 Å². The molecule has 0 bridgehead atoms. The first kappa shape index (κ1) is 23.3. The van der Waals surface area contributed by atoms with Gasteiger partial charge in [0.15, 0.2) is 0 Å². The summed E-state index contributed by atoms with van der Waals surface area (Å²) >= 11 is 0. The number of anilines is 1. The summed E-state index contributed by atoms with van der Waals surface area (Å²) in [6.45, 7) is 5.99. The molecular formula is C25H28N2O4S. The highest BCUT2D eigenvalue weighted by Gasteiger charge is 2.28. The Balaban J connectivity index is 1.72. The van der Waals surface area contributed by atoms with E-state index in [0.29, 0.717) is 11.4 Å². The van der Waals surface area contributed by atoms with E-state index in [-0.39, 0.29) is 24.6 Å². The normalized spacial score (nSPS) is 11.1. The van der Waals surface area contributed by atoms with Crippen molar-refractivity contribution >= 4 is 21.6 Å². The molecule has 0 aromatic heterocycles. The van der Waals surface area contributed by atoms with Crippen LogP contribution in [0.1, 0.15) is 16.7 Å². The van der Waals surface area contributed by atoms with E-state index in [1.165, 1.54) is 12.1 Å². The predicted molar refractivity (Wildman–Crippen MR) is 127 cm³/mol. The maximum absolute atomic E-state index is 13.4. The van der Waals surface area contributed by atoms with Crippen molar-refractivity contribution in [3.8, 4) is 5.75 Å². The standard InChI is InChI=1S/C25H28N2O4S/c1-19-9-12-22(13-10-19)31-16-15-26-25(28)18-27(24-14-11-20(2)17-21(24)3)32(29,30)23-7-5-4-6-8-23/h4-14,17H,15-16,18H2,1-3H3,(H,26,28). The van der Waals surface area contributed by atoms with Crippen molar-refractivity contribution in [2.75, 3.05) is 24.0 Å². The Labute approximate surface area is 189 Å². The van der Waals surface area contributed by atoms with Crippen LogP contribution in [-0.4, -0.2) is 34.0 Å². The van der Waals surface area contributed by atoms with Gasteiger partial charge in [0.2, 0.25) is 5.91 Å². The zero-order chi connectivity index (χ0) is 23.1. The fraction of sp³-hybridized carbons (Fsp3) is 0.240. The van der Waals surface area contributed by atoms with Crippen LogP contribution in [-0.2, 0) is 14.8 Å². The number of rotatable bonds is 9. The number of nitrogens with zero attached hydrogens (tertiary/aromatic N) is 1. The highest BCUT2D eigenvalue weighted by atomic mass is 32.2. The smallest absolute Gasteiger partial charge is 0.264 e. The van der Waals surface area contributed by atoms with E-state index in [4.69, 9.17) is 4.74 Å². The van der Waals surface area contributed by atoms with E-state index < -0.39 is 15.9 Å². The van der Waals surface area contributed by atoms with Gasteiger partial charge in [-0.05, 0) is 56.7 Å². The Hall–Kier alpha value is -3.32. The van der Waals surface area contributed by atoms with Crippen molar-refractivity contribution in [2.45, 2.75) is 25.7 Å². The minimum atomic E-state index is -3.92. The molecule has 0 unspecified atom stereocenters. The SMILES string of the molecule is Cc1ccc(OCCNC(=O)CN(c2ccc(C)cc2C)S(=O)(=O)c2ccccc2)cc1. The summed E-state index contributed by atoms with van der Waals surface area (Å²) in [6, 6.07) is 21.2. The second-order valence-corrected chi connectivity index (χ2v) is 9.49. The maximum atomic E-state index is 13.4. The van der Waals surface area contributed by atoms with Crippen molar-refractivity contribution in [1.82, 2.24) is 5.32 Å². The molecule has 3 rings (SSSR count). The Morgan fingerprint density at radius 2 is 1.56 bits per heavy atom. The fourth-order valence-corrected chi connectivity index (χ4v) is 4.79. The third kappa shape index (κ3) is 5.88. The molecule has 1 N–H and O–H groups in total. The Bertz CT molecular complexity index is 1160. The van der Waals surface area contributed by atoms with Crippen LogP contribution in [0.2, 0.25) is 0 Å². The van der Waals surface area contributed by atoms with Crippen molar-refractivity contribution < 1.29 is 17.9 Å². The van der Waals surface area contributed by atoms with Gasteiger partial charge in [-0.1, -0.05) is 53.6 Å². The number of amides is 1. The lowest BCUT2D eigenvalue weighted by Gasteiger charge is -2.26. The van der Waals surface area contributed by atoms with Crippen LogP contribution in [0.25, 0.3) is 0 Å². The van der Waals surface area contributed by atoms with Gasteiger partial charge in [-0.15, -0.1) is 0 Å². The van der Waals surface area contributed by atoms with Crippen LogP contribution in [0, 0.1) is 20.8 Å². The Kier molecular flexibility index (Phi) is 7.53. The molecular weight excluding hydrogens is 424 g/mol. The van der Waals surface area contributed by atoms with E-state index in [1.54, 1.807) is 24.3 Å². The van der Waals surface area contributed by atoms with Crippen LogP contribution < -0.4 is 14.4 Å². The number of benzene rings is 3. The molecule has 0 spiro atoms. The largest absolute Gasteiger partial charge is 0.492 e. The molecule has 0 aliphatic carbocycles. The topological polar surface area (TPSA) is 75.7 Å².